The number of nitrogens with zero attached hydrogens (tertiary/aromatic N) is 4. The second kappa shape index (κ2) is 21.8. The van der Waals surface area contributed by atoms with Crippen LogP contribution in [0.25, 0.3) is 11.1 Å². The number of sulfonamides is 1. The molecule has 12 heteroatoms. The number of halogens is 1. The highest BCUT2D eigenvalue weighted by Crippen LogP contribution is 2.29. The molecule has 0 aliphatic carbocycles. The van der Waals surface area contributed by atoms with Crippen molar-refractivity contribution in [2.45, 2.75) is 55.0 Å². The van der Waals surface area contributed by atoms with Crippen LogP contribution in [0.4, 0.5) is 11.4 Å². The molecule has 2 N–H and O–H groups in total. The van der Waals surface area contributed by atoms with Crippen LogP contribution in [0.2, 0.25) is 5.02 Å². The summed E-state index contributed by atoms with van der Waals surface area (Å²) in [5.74, 6) is 1.04. The predicted octanol–water partition coefficient (Wildman–Crippen LogP) is 9.38. The van der Waals surface area contributed by atoms with Gasteiger partial charge in [0.2, 0.25) is 0 Å². The fraction of sp³-hybridized carbons (Fsp3) is 0.380. The molecule has 2 fully saturated rings. The van der Waals surface area contributed by atoms with Gasteiger partial charge in [0.25, 0.3) is 15.9 Å². The van der Waals surface area contributed by atoms with Gasteiger partial charge in [-0.2, -0.15) is 0 Å². The summed E-state index contributed by atoms with van der Waals surface area (Å²) in [5, 5.41) is 4.48. The maximum absolute atomic E-state index is 13.5. The highest BCUT2D eigenvalue weighted by atomic mass is 35.5. The van der Waals surface area contributed by atoms with E-state index >= 15 is 0 Å². The molecule has 0 spiro atoms. The Labute approximate surface area is 378 Å². The van der Waals surface area contributed by atoms with E-state index < -0.39 is 15.9 Å². The lowest BCUT2D eigenvalue weighted by Gasteiger charge is -2.36. The number of carbonyl (C=O) groups is 1. The lowest BCUT2D eigenvalue weighted by molar-refractivity contribution is 0.0981. The molecule has 5 aromatic rings. The quantitative estimate of drug-likeness (QED) is 0.0837. The molecular formula is C50H61ClN6O3S2. The second-order valence-corrected chi connectivity index (χ2v) is 20.2. The largest absolute Gasteiger partial charge is 0.381 e. The summed E-state index contributed by atoms with van der Waals surface area (Å²) >= 11 is 7.98. The molecule has 2 aliphatic heterocycles. The van der Waals surface area contributed by atoms with Gasteiger partial charge in [-0.15, -0.1) is 11.8 Å². The van der Waals surface area contributed by atoms with Crippen LogP contribution in [-0.2, 0) is 16.6 Å². The molecule has 2 heterocycles. The molecule has 2 aliphatic rings. The van der Waals surface area contributed by atoms with Crippen LogP contribution >= 0.6 is 23.4 Å². The minimum Gasteiger partial charge on any atom is -0.381 e. The maximum Gasteiger partial charge on any atom is 0.264 e. The minimum atomic E-state index is -4.11. The third-order valence-corrected chi connectivity index (χ3v) is 15.0. The summed E-state index contributed by atoms with van der Waals surface area (Å²) in [7, 11) is 0.193. The number of carbonyl (C=O) groups excluding carboxylic acids is 1. The molecular weight excluding hydrogens is 832 g/mol. The van der Waals surface area contributed by atoms with E-state index in [9.17, 15) is 13.2 Å². The molecule has 0 saturated carbocycles. The molecule has 5 aromatic carbocycles. The Bertz CT molecular complexity index is 2310. The SMILES string of the molecule is Cc1cc(S(=O)(=O)NC(=O)c2ccc(N3CCN(Cc4ccccc4-c4ccc(Cl)cc4)CC3)cc2)ccc1N[C@H](CCN1CCC(CCN(C)C)CC1)CSc1ccccc1. The molecule has 2 saturated heterocycles. The highest BCUT2D eigenvalue weighted by molar-refractivity contribution is 7.99. The monoisotopic (exact) mass is 892 g/mol. The van der Waals surface area contributed by atoms with E-state index in [4.69, 9.17) is 11.6 Å². The predicted molar refractivity (Wildman–Crippen MR) is 258 cm³/mol. The number of thioether (sulfide) groups is 1. The summed E-state index contributed by atoms with van der Waals surface area (Å²) in [6.07, 6.45) is 4.75. The van der Waals surface area contributed by atoms with Crippen molar-refractivity contribution in [3.63, 3.8) is 0 Å². The summed E-state index contributed by atoms with van der Waals surface area (Å²) in [4.78, 5) is 24.2. The fourth-order valence-electron chi connectivity index (χ4n) is 8.41. The van der Waals surface area contributed by atoms with Gasteiger partial charge in [0.1, 0.15) is 0 Å². The van der Waals surface area contributed by atoms with Crippen molar-refractivity contribution in [1.82, 2.24) is 19.4 Å². The van der Waals surface area contributed by atoms with Crippen molar-refractivity contribution in [3.05, 3.63) is 143 Å². The number of likely N-dealkylation sites (tertiary alicyclic amines) is 1. The number of aryl methyl sites for hydroxylation is 1. The van der Waals surface area contributed by atoms with E-state index in [2.05, 4.69) is 104 Å². The number of piperidine rings is 1. The summed E-state index contributed by atoms with van der Waals surface area (Å²) < 4.78 is 29.4. The van der Waals surface area contributed by atoms with Crippen LogP contribution in [0.3, 0.4) is 0 Å². The number of anilines is 2. The molecule has 0 radical (unpaired) electrons. The molecule has 9 nitrogen and oxygen atoms in total. The van der Waals surface area contributed by atoms with Crippen LogP contribution in [0.15, 0.2) is 131 Å². The van der Waals surface area contributed by atoms with Crippen LogP contribution in [0.5, 0.6) is 0 Å². The van der Waals surface area contributed by atoms with Gasteiger partial charge in [0.05, 0.1) is 4.90 Å². The Kier molecular flexibility index (Phi) is 16.1. The summed E-state index contributed by atoms with van der Waals surface area (Å²) in [6, 6.07) is 39.4. The van der Waals surface area contributed by atoms with Crippen LogP contribution < -0.4 is 14.9 Å². The molecule has 0 bridgehead atoms. The third-order valence-electron chi connectivity index (χ3n) is 12.2. The first-order valence-electron chi connectivity index (χ1n) is 21.9. The number of hydrogen-bond acceptors (Lipinski definition) is 9. The Morgan fingerprint density at radius 1 is 0.823 bits per heavy atom. The van der Waals surface area contributed by atoms with E-state index in [1.807, 2.05) is 55.1 Å². The van der Waals surface area contributed by atoms with E-state index in [-0.39, 0.29) is 10.9 Å². The second-order valence-electron chi connectivity index (χ2n) is 17.0. The normalized spacial score (nSPS) is 16.0. The Morgan fingerprint density at radius 3 is 2.21 bits per heavy atom. The van der Waals surface area contributed by atoms with Gasteiger partial charge in [-0.1, -0.05) is 66.2 Å². The van der Waals surface area contributed by atoms with Crippen LogP contribution in [-0.4, -0.2) is 107 Å². The Hall–Kier alpha value is -4.36. The first-order valence-corrected chi connectivity index (χ1v) is 24.7. The average molecular weight is 894 g/mol. The molecule has 0 aromatic heterocycles. The van der Waals surface area contributed by atoms with Gasteiger partial charge < -0.3 is 20.0 Å². The van der Waals surface area contributed by atoms with Gasteiger partial charge in [0.15, 0.2) is 0 Å². The van der Waals surface area contributed by atoms with Gasteiger partial charge in [-0.3, -0.25) is 9.69 Å². The number of hydrogen-bond donors (Lipinski definition) is 2. The van der Waals surface area contributed by atoms with Crippen molar-refractivity contribution >= 4 is 50.7 Å². The number of amides is 1. The molecule has 328 valence electrons. The minimum absolute atomic E-state index is 0.0616. The number of rotatable bonds is 18. The number of nitrogens with one attached hydrogen (secondary N) is 2. The van der Waals surface area contributed by atoms with Crippen molar-refractivity contribution in [2.75, 3.05) is 82.4 Å². The zero-order valence-electron chi connectivity index (χ0n) is 36.3. The maximum atomic E-state index is 13.5. The lowest BCUT2D eigenvalue weighted by Crippen LogP contribution is -2.46. The van der Waals surface area contributed by atoms with Crippen molar-refractivity contribution in [3.8, 4) is 11.1 Å². The zero-order chi connectivity index (χ0) is 43.5. The topological polar surface area (TPSA) is 88.2 Å². The van der Waals surface area contributed by atoms with Crippen LogP contribution in [0, 0.1) is 12.8 Å². The summed E-state index contributed by atoms with van der Waals surface area (Å²) in [5.41, 5.74) is 6.66. The first kappa shape index (κ1) is 45.7. The first-order chi connectivity index (χ1) is 30.0. The highest BCUT2D eigenvalue weighted by Gasteiger charge is 2.24. The van der Waals surface area contributed by atoms with E-state index in [0.717, 1.165) is 105 Å². The molecule has 1 atom stereocenters. The fourth-order valence-corrected chi connectivity index (χ4v) is 10.6. The Balaban J connectivity index is 0.914. The third kappa shape index (κ3) is 12.9. The van der Waals surface area contributed by atoms with Gasteiger partial charge in [-0.05, 0) is 161 Å². The molecule has 7 rings (SSSR count). The van der Waals surface area contributed by atoms with E-state index in [1.165, 1.54) is 35.3 Å². The lowest BCUT2D eigenvalue weighted by atomic mass is 9.93. The molecule has 1 amide bonds. The Morgan fingerprint density at radius 2 is 1.52 bits per heavy atom. The standard InChI is InChI=1S/C50H61ClN6O3S2/c1-38-35-47(21-22-49(38)52-44(37-61-46-10-5-4-6-11-46)26-30-55-28-24-39(25-29-55)23-27-54(2)3)62(59,60)53-50(58)41-15-19-45(20-16-41)57-33-31-56(32-34-57)36-42-9-7-8-12-48(42)40-13-17-43(51)18-14-40/h4-22,35,39,44,52H,23-34,36-37H2,1-3H3,(H,53,58)/t44-/m1/s1. The molecule has 62 heavy (non-hydrogen) atoms. The van der Waals surface area contributed by atoms with E-state index in [0.29, 0.717) is 5.56 Å². The van der Waals surface area contributed by atoms with Crippen molar-refractivity contribution in [1.29, 1.82) is 0 Å². The molecule has 0 unspecified atom stereocenters. The van der Waals surface area contributed by atoms with Crippen molar-refractivity contribution in [2.24, 2.45) is 5.92 Å². The van der Waals surface area contributed by atoms with Gasteiger partial charge in [-0.25, -0.2) is 13.1 Å². The van der Waals surface area contributed by atoms with Gasteiger partial charge in [0, 0.05) is 77.9 Å². The average Bonchev–Trinajstić information content (AvgIpc) is 3.28. The van der Waals surface area contributed by atoms with Gasteiger partial charge >= 0.3 is 0 Å². The number of benzene rings is 5. The van der Waals surface area contributed by atoms with Crippen LogP contribution in [0.1, 0.15) is 47.2 Å². The van der Waals surface area contributed by atoms with Crippen molar-refractivity contribution < 1.29 is 13.2 Å². The summed E-state index contributed by atoms with van der Waals surface area (Å²) in [6.45, 7) is 10.7. The van der Waals surface area contributed by atoms with E-state index in [1.54, 1.807) is 24.3 Å². The smallest absolute Gasteiger partial charge is 0.264 e. The number of piperazine rings is 1. The zero-order valence-corrected chi connectivity index (χ0v) is 38.7.